The molecular formula is C6H12O5. The van der Waals surface area contributed by atoms with Crippen molar-refractivity contribution in [2.24, 2.45) is 0 Å². The normalized spacial score (nSPS) is 52.6. The molecule has 0 saturated carbocycles. The van der Waals surface area contributed by atoms with E-state index in [1.165, 1.54) is 6.92 Å². The quantitative estimate of drug-likeness (QED) is 0.326. The predicted octanol–water partition coefficient (Wildman–Crippen LogP) is -2.19. The Morgan fingerprint density at radius 2 is 1.91 bits per heavy atom. The van der Waals surface area contributed by atoms with E-state index in [9.17, 15) is 5.11 Å². The lowest BCUT2D eigenvalue weighted by atomic mass is 9.92. The molecule has 0 radical (unpaired) electrons. The molecule has 1 unspecified atom stereocenters. The number of rotatable bonds is 0. The van der Waals surface area contributed by atoms with E-state index in [0.717, 1.165) is 0 Å². The van der Waals surface area contributed by atoms with Gasteiger partial charge in [0.05, 0.1) is 6.61 Å². The van der Waals surface area contributed by atoms with E-state index in [1.54, 1.807) is 0 Å². The summed E-state index contributed by atoms with van der Waals surface area (Å²) < 4.78 is 4.57. The average molecular weight is 164 g/mol. The van der Waals surface area contributed by atoms with Gasteiger partial charge in [0, 0.05) is 0 Å². The second-order valence-electron chi connectivity index (χ2n) is 2.92. The fourth-order valence-corrected chi connectivity index (χ4v) is 0.985. The minimum absolute atomic E-state index is 0.168. The highest BCUT2D eigenvalue weighted by Crippen LogP contribution is 2.23. The van der Waals surface area contributed by atoms with Crippen LogP contribution in [-0.4, -0.2) is 51.1 Å². The Kier molecular flexibility index (Phi) is 2.17. The Labute approximate surface area is 63.8 Å². The highest BCUT2D eigenvalue weighted by molar-refractivity contribution is 4.92. The first-order valence-corrected chi connectivity index (χ1v) is 3.34. The molecule has 1 saturated heterocycles. The molecule has 1 aliphatic rings. The first-order chi connectivity index (χ1) is 4.96. The molecule has 4 atom stereocenters. The van der Waals surface area contributed by atoms with E-state index in [-0.39, 0.29) is 6.61 Å². The van der Waals surface area contributed by atoms with Crippen molar-refractivity contribution in [2.75, 3.05) is 6.61 Å². The highest BCUT2D eigenvalue weighted by atomic mass is 16.6. The predicted molar refractivity (Wildman–Crippen MR) is 34.6 cm³/mol. The first-order valence-electron chi connectivity index (χ1n) is 3.34. The fraction of sp³-hybridized carbons (Fsp3) is 1.00. The maximum Gasteiger partial charge on any atom is 0.186 e. The van der Waals surface area contributed by atoms with E-state index in [2.05, 4.69) is 4.74 Å². The summed E-state index contributed by atoms with van der Waals surface area (Å²) in [4.78, 5) is 0. The molecule has 1 rings (SSSR count). The van der Waals surface area contributed by atoms with Crippen LogP contribution in [0.15, 0.2) is 0 Å². The molecule has 5 heteroatoms. The number of hydrogen-bond acceptors (Lipinski definition) is 5. The third kappa shape index (κ3) is 1.38. The fourth-order valence-electron chi connectivity index (χ4n) is 0.985. The Bertz CT molecular complexity index is 146. The molecule has 1 aliphatic heterocycles. The van der Waals surface area contributed by atoms with Crippen molar-refractivity contribution in [3.05, 3.63) is 0 Å². The van der Waals surface area contributed by atoms with Gasteiger partial charge in [0.1, 0.15) is 17.8 Å². The molecule has 0 aromatic carbocycles. The summed E-state index contributed by atoms with van der Waals surface area (Å²) in [5, 5.41) is 36.4. The van der Waals surface area contributed by atoms with Crippen LogP contribution in [-0.2, 0) is 4.74 Å². The summed E-state index contributed by atoms with van der Waals surface area (Å²) in [6.45, 7) is 1.03. The van der Waals surface area contributed by atoms with Gasteiger partial charge in [-0.1, -0.05) is 0 Å². The summed E-state index contributed by atoms with van der Waals surface area (Å²) in [6, 6.07) is 0. The molecule has 66 valence electrons. The SMILES string of the molecule is C[C@]1(O)C(O)OC[C@H](O)[C@@H]1O. The molecule has 4 N–H and O–H groups in total. The van der Waals surface area contributed by atoms with E-state index < -0.39 is 24.1 Å². The van der Waals surface area contributed by atoms with Crippen LogP contribution >= 0.6 is 0 Å². The summed E-state index contributed by atoms with van der Waals surface area (Å²) in [5.41, 5.74) is -1.79. The van der Waals surface area contributed by atoms with E-state index >= 15 is 0 Å². The molecule has 0 amide bonds. The summed E-state index contributed by atoms with van der Waals surface area (Å²) >= 11 is 0. The molecule has 0 spiro atoms. The van der Waals surface area contributed by atoms with Crippen molar-refractivity contribution < 1.29 is 25.2 Å². The van der Waals surface area contributed by atoms with Crippen molar-refractivity contribution >= 4 is 0 Å². The lowest BCUT2D eigenvalue weighted by molar-refractivity contribution is -0.295. The molecule has 1 fully saturated rings. The van der Waals surface area contributed by atoms with Crippen molar-refractivity contribution in [3.63, 3.8) is 0 Å². The Morgan fingerprint density at radius 3 is 2.36 bits per heavy atom. The zero-order chi connectivity index (χ0) is 8.65. The largest absolute Gasteiger partial charge is 0.388 e. The highest BCUT2D eigenvalue weighted by Gasteiger charge is 2.46. The Balaban J connectivity index is 2.72. The lowest BCUT2D eigenvalue weighted by Crippen LogP contribution is -2.61. The van der Waals surface area contributed by atoms with Crippen molar-refractivity contribution in [3.8, 4) is 0 Å². The number of aliphatic hydroxyl groups excluding tert-OH is 3. The lowest BCUT2D eigenvalue weighted by Gasteiger charge is -2.40. The van der Waals surface area contributed by atoms with Crippen LogP contribution in [0, 0.1) is 0 Å². The third-order valence-electron chi connectivity index (χ3n) is 1.89. The summed E-state index contributed by atoms with van der Waals surface area (Å²) in [6.07, 6.45) is -3.96. The van der Waals surface area contributed by atoms with Crippen molar-refractivity contribution in [2.45, 2.75) is 31.0 Å². The van der Waals surface area contributed by atoms with E-state index in [0.29, 0.717) is 0 Å². The van der Waals surface area contributed by atoms with Gasteiger partial charge in [-0.25, -0.2) is 0 Å². The van der Waals surface area contributed by atoms with Gasteiger partial charge in [0.25, 0.3) is 0 Å². The van der Waals surface area contributed by atoms with Crippen molar-refractivity contribution in [1.29, 1.82) is 0 Å². The third-order valence-corrected chi connectivity index (χ3v) is 1.89. The number of aliphatic hydroxyl groups is 4. The van der Waals surface area contributed by atoms with Gasteiger partial charge >= 0.3 is 0 Å². The molecule has 0 aromatic heterocycles. The van der Waals surface area contributed by atoms with Crippen LogP contribution in [0.4, 0.5) is 0 Å². The Morgan fingerprint density at radius 1 is 1.36 bits per heavy atom. The van der Waals surface area contributed by atoms with E-state index in [1.807, 2.05) is 0 Å². The minimum Gasteiger partial charge on any atom is -0.388 e. The molecule has 0 bridgehead atoms. The summed E-state index contributed by atoms with van der Waals surface area (Å²) in [7, 11) is 0. The van der Waals surface area contributed by atoms with Crippen LogP contribution in [0.2, 0.25) is 0 Å². The molecule has 0 aliphatic carbocycles. The second kappa shape index (κ2) is 2.69. The molecule has 5 nitrogen and oxygen atoms in total. The van der Waals surface area contributed by atoms with Crippen LogP contribution in [0.25, 0.3) is 0 Å². The zero-order valence-electron chi connectivity index (χ0n) is 6.14. The van der Waals surface area contributed by atoms with Gasteiger partial charge in [-0.15, -0.1) is 0 Å². The first kappa shape index (κ1) is 8.89. The zero-order valence-corrected chi connectivity index (χ0v) is 6.14. The topological polar surface area (TPSA) is 90.2 Å². The minimum atomic E-state index is -1.79. The monoisotopic (exact) mass is 164 g/mol. The smallest absolute Gasteiger partial charge is 0.186 e. The maximum absolute atomic E-state index is 9.30. The van der Waals surface area contributed by atoms with Gasteiger partial charge in [-0.2, -0.15) is 0 Å². The molecular weight excluding hydrogens is 152 g/mol. The van der Waals surface area contributed by atoms with Gasteiger partial charge in [0.2, 0.25) is 0 Å². The van der Waals surface area contributed by atoms with Gasteiger partial charge in [-0.3, -0.25) is 0 Å². The molecule has 11 heavy (non-hydrogen) atoms. The average Bonchev–Trinajstić information content (AvgIpc) is 1.95. The second-order valence-corrected chi connectivity index (χ2v) is 2.92. The van der Waals surface area contributed by atoms with Crippen LogP contribution < -0.4 is 0 Å². The maximum atomic E-state index is 9.30. The molecule has 0 aromatic rings. The van der Waals surface area contributed by atoms with Gasteiger partial charge in [0.15, 0.2) is 6.29 Å². The van der Waals surface area contributed by atoms with Crippen LogP contribution in [0.3, 0.4) is 0 Å². The number of ether oxygens (including phenoxy) is 1. The standard InChI is InChI=1S/C6H12O5/c1-6(10)4(8)3(7)2-11-5(6)9/h3-5,7-10H,2H2,1H3/t3-,4-,5?,6+/m0/s1. The number of hydrogen-bond donors (Lipinski definition) is 4. The summed E-state index contributed by atoms with van der Waals surface area (Å²) in [5.74, 6) is 0. The van der Waals surface area contributed by atoms with Crippen LogP contribution in [0.5, 0.6) is 0 Å². The van der Waals surface area contributed by atoms with Crippen molar-refractivity contribution in [1.82, 2.24) is 0 Å². The van der Waals surface area contributed by atoms with Crippen LogP contribution in [0.1, 0.15) is 6.92 Å². The molecule has 1 heterocycles. The van der Waals surface area contributed by atoms with Gasteiger partial charge in [-0.05, 0) is 6.92 Å². The Hall–Kier alpha value is -0.200. The van der Waals surface area contributed by atoms with E-state index in [4.69, 9.17) is 15.3 Å². The van der Waals surface area contributed by atoms with Gasteiger partial charge < -0.3 is 25.2 Å².